The van der Waals surface area contributed by atoms with Gasteiger partial charge in [-0.05, 0) is 38.2 Å². The predicted octanol–water partition coefficient (Wildman–Crippen LogP) is 2.59. The van der Waals surface area contributed by atoms with E-state index in [4.69, 9.17) is 0 Å². The zero-order valence-electron chi connectivity index (χ0n) is 17.9. The van der Waals surface area contributed by atoms with Crippen molar-refractivity contribution in [3.8, 4) is 0 Å². The fourth-order valence-corrected chi connectivity index (χ4v) is 4.40. The highest BCUT2D eigenvalue weighted by Crippen LogP contribution is 2.23. The van der Waals surface area contributed by atoms with Crippen LogP contribution in [0.1, 0.15) is 50.7 Å². The van der Waals surface area contributed by atoms with E-state index < -0.39 is 11.8 Å². The van der Waals surface area contributed by atoms with Gasteiger partial charge in [-0.2, -0.15) is 0 Å². The van der Waals surface area contributed by atoms with Crippen molar-refractivity contribution in [2.24, 2.45) is 5.92 Å². The Hall–Kier alpha value is -2.37. The van der Waals surface area contributed by atoms with E-state index in [1.807, 2.05) is 36.1 Å². The fourth-order valence-electron chi connectivity index (χ4n) is 4.40. The van der Waals surface area contributed by atoms with Gasteiger partial charge in [-0.1, -0.05) is 43.7 Å². The first kappa shape index (κ1) is 21.3. The second-order valence-corrected chi connectivity index (χ2v) is 8.28. The van der Waals surface area contributed by atoms with E-state index in [9.17, 15) is 14.4 Å². The van der Waals surface area contributed by atoms with Gasteiger partial charge in [0.25, 0.3) is 0 Å². The minimum atomic E-state index is -0.410. The Morgan fingerprint density at radius 3 is 2.17 bits per heavy atom. The monoisotopic (exact) mass is 399 g/mol. The predicted molar refractivity (Wildman–Crippen MR) is 112 cm³/mol. The lowest BCUT2D eigenvalue weighted by molar-refractivity contribution is -0.159. The molecular formula is C23H33N3O3. The molecule has 1 aromatic carbocycles. The van der Waals surface area contributed by atoms with Crippen LogP contribution in [0.3, 0.4) is 0 Å². The molecule has 0 atom stereocenters. The molecule has 3 rings (SSSR count). The summed E-state index contributed by atoms with van der Waals surface area (Å²) >= 11 is 0. The summed E-state index contributed by atoms with van der Waals surface area (Å²) in [4.78, 5) is 43.3. The van der Waals surface area contributed by atoms with Crippen molar-refractivity contribution in [1.29, 1.82) is 0 Å². The highest BCUT2D eigenvalue weighted by atomic mass is 16.2. The molecule has 0 N–H and O–H groups in total. The molecule has 0 unspecified atom stereocenters. The van der Waals surface area contributed by atoms with E-state index in [1.165, 1.54) is 5.56 Å². The van der Waals surface area contributed by atoms with Crippen molar-refractivity contribution in [1.82, 2.24) is 14.7 Å². The smallest absolute Gasteiger partial charge is 0.312 e. The van der Waals surface area contributed by atoms with E-state index in [0.717, 1.165) is 31.2 Å². The maximum Gasteiger partial charge on any atom is 0.312 e. The number of benzene rings is 1. The molecule has 6 nitrogen and oxygen atoms in total. The maximum atomic E-state index is 12.7. The number of aryl methyl sites for hydroxylation is 1. The van der Waals surface area contributed by atoms with Crippen LogP contribution >= 0.6 is 0 Å². The first-order valence-electron chi connectivity index (χ1n) is 10.9. The lowest BCUT2D eigenvalue weighted by Crippen LogP contribution is -2.59. The molecule has 1 aromatic rings. The largest absolute Gasteiger partial charge is 0.342 e. The number of hydrogen-bond donors (Lipinski definition) is 0. The molecule has 2 saturated heterocycles. The van der Waals surface area contributed by atoms with Crippen LogP contribution in [0.5, 0.6) is 0 Å². The molecule has 0 aliphatic carbocycles. The molecule has 29 heavy (non-hydrogen) atoms. The summed E-state index contributed by atoms with van der Waals surface area (Å²) < 4.78 is 0. The van der Waals surface area contributed by atoms with Gasteiger partial charge < -0.3 is 14.7 Å². The summed E-state index contributed by atoms with van der Waals surface area (Å²) in [6, 6.07) is 8.11. The molecule has 0 radical (unpaired) electrons. The minimum absolute atomic E-state index is 0.0544. The van der Waals surface area contributed by atoms with E-state index in [2.05, 4.69) is 13.8 Å². The Morgan fingerprint density at radius 1 is 0.966 bits per heavy atom. The van der Waals surface area contributed by atoms with Crippen LogP contribution in [0.15, 0.2) is 24.3 Å². The molecule has 158 valence electrons. The van der Waals surface area contributed by atoms with Gasteiger partial charge in [-0.3, -0.25) is 14.4 Å². The maximum absolute atomic E-state index is 12.7. The second-order valence-electron chi connectivity index (χ2n) is 8.28. The van der Waals surface area contributed by atoms with Crippen LogP contribution in [0, 0.1) is 12.8 Å². The Kier molecular flexibility index (Phi) is 6.93. The molecule has 0 aromatic heterocycles. The number of rotatable bonds is 6. The van der Waals surface area contributed by atoms with E-state index in [1.54, 1.807) is 9.80 Å². The number of likely N-dealkylation sites (tertiary alicyclic amines) is 1. The van der Waals surface area contributed by atoms with Crippen molar-refractivity contribution in [2.45, 2.75) is 59.0 Å². The lowest BCUT2D eigenvalue weighted by atomic mass is 9.97. The molecule has 2 aliphatic heterocycles. The highest BCUT2D eigenvalue weighted by molar-refractivity contribution is 6.35. The molecule has 2 fully saturated rings. The number of nitrogens with zero attached hydrogens (tertiary/aromatic N) is 3. The fraction of sp³-hybridized carbons (Fsp3) is 0.609. The van der Waals surface area contributed by atoms with Gasteiger partial charge in [0.2, 0.25) is 5.91 Å². The number of carbonyl (C=O) groups is 3. The van der Waals surface area contributed by atoms with E-state index >= 15 is 0 Å². The summed E-state index contributed by atoms with van der Waals surface area (Å²) in [5, 5.41) is 0. The molecule has 0 bridgehead atoms. The Balaban J connectivity index is 1.54. The van der Waals surface area contributed by atoms with Gasteiger partial charge in [-0.15, -0.1) is 0 Å². The number of piperidine rings is 1. The molecule has 2 aliphatic rings. The van der Waals surface area contributed by atoms with Crippen LogP contribution in [0.4, 0.5) is 0 Å². The molecule has 0 spiro atoms. The van der Waals surface area contributed by atoms with Crippen molar-refractivity contribution < 1.29 is 14.4 Å². The van der Waals surface area contributed by atoms with E-state index in [-0.39, 0.29) is 17.9 Å². The zero-order chi connectivity index (χ0) is 21.0. The normalized spacial score (nSPS) is 18.7. The Labute approximate surface area is 173 Å². The number of carbonyl (C=O) groups excluding carboxylic acids is 3. The van der Waals surface area contributed by atoms with E-state index in [0.29, 0.717) is 32.7 Å². The molecule has 3 amide bonds. The first-order valence-corrected chi connectivity index (χ1v) is 10.9. The van der Waals surface area contributed by atoms with Crippen LogP contribution in [-0.2, 0) is 20.9 Å². The Bertz CT molecular complexity index is 734. The van der Waals surface area contributed by atoms with Gasteiger partial charge >= 0.3 is 11.8 Å². The number of amides is 3. The molecule has 6 heteroatoms. The van der Waals surface area contributed by atoms with Crippen molar-refractivity contribution in [3.05, 3.63) is 35.4 Å². The average Bonchev–Trinajstić information content (AvgIpc) is 2.74. The van der Waals surface area contributed by atoms with Gasteiger partial charge in [0, 0.05) is 44.7 Å². The second kappa shape index (κ2) is 9.42. The lowest BCUT2D eigenvalue weighted by Gasteiger charge is -2.42. The topological polar surface area (TPSA) is 60.9 Å². The highest BCUT2D eigenvalue weighted by Gasteiger charge is 2.38. The first-order chi connectivity index (χ1) is 13.9. The zero-order valence-corrected chi connectivity index (χ0v) is 17.9. The van der Waals surface area contributed by atoms with Gasteiger partial charge in [0.15, 0.2) is 0 Å². The number of piperazine rings is 1. The van der Waals surface area contributed by atoms with Crippen molar-refractivity contribution in [3.63, 3.8) is 0 Å². The van der Waals surface area contributed by atoms with Gasteiger partial charge in [0.1, 0.15) is 0 Å². The summed E-state index contributed by atoms with van der Waals surface area (Å²) in [5.41, 5.74) is 2.22. The summed E-state index contributed by atoms with van der Waals surface area (Å²) in [6.07, 6.45) is 3.24. The average molecular weight is 400 g/mol. The van der Waals surface area contributed by atoms with Gasteiger partial charge in [-0.25, -0.2) is 0 Å². The standard InChI is InChI=1S/C23H33N3O3/c1-4-19(5-2)21(27)24-12-10-20(11-13-24)26-15-14-25(22(28)23(26)29)16-18-8-6-17(3)7-9-18/h6-9,19-20H,4-5,10-16H2,1-3H3. The number of hydrogen-bond acceptors (Lipinski definition) is 3. The van der Waals surface area contributed by atoms with Crippen LogP contribution in [0.25, 0.3) is 0 Å². The minimum Gasteiger partial charge on any atom is -0.342 e. The van der Waals surface area contributed by atoms with Crippen molar-refractivity contribution >= 4 is 17.7 Å². The molecule has 0 saturated carbocycles. The molecule has 2 heterocycles. The summed E-state index contributed by atoms with van der Waals surface area (Å²) in [5.74, 6) is -0.473. The third-order valence-electron chi connectivity index (χ3n) is 6.39. The SMILES string of the molecule is CCC(CC)C(=O)N1CCC(N2CCN(Cc3ccc(C)cc3)C(=O)C2=O)CC1. The van der Waals surface area contributed by atoms with Crippen LogP contribution in [0.2, 0.25) is 0 Å². The van der Waals surface area contributed by atoms with Crippen LogP contribution < -0.4 is 0 Å². The third kappa shape index (κ3) is 4.80. The summed E-state index contributed by atoms with van der Waals surface area (Å²) in [7, 11) is 0. The van der Waals surface area contributed by atoms with Gasteiger partial charge in [0.05, 0.1) is 0 Å². The van der Waals surface area contributed by atoms with Crippen molar-refractivity contribution in [2.75, 3.05) is 26.2 Å². The Morgan fingerprint density at radius 2 is 1.59 bits per heavy atom. The summed E-state index contributed by atoms with van der Waals surface area (Å²) in [6.45, 7) is 9.09. The third-order valence-corrected chi connectivity index (χ3v) is 6.39. The quantitative estimate of drug-likeness (QED) is 0.691. The van der Waals surface area contributed by atoms with Crippen LogP contribution in [-0.4, -0.2) is 64.6 Å². The molecular weight excluding hydrogens is 366 g/mol.